The average molecular weight is 446 g/mol. The Morgan fingerprint density at radius 2 is 1.60 bits per heavy atom. The third-order valence-corrected chi connectivity index (χ3v) is 6.50. The van der Waals surface area contributed by atoms with Gasteiger partial charge in [0.1, 0.15) is 0 Å². The van der Waals surface area contributed by atoms with Crippen molar-refractivity contribution in [3.8, 4) is 11.5 Å². The number of carbonyl (C=O) groups excluding carboxylic acids is 2. The summed E-state index contributed by atoms with van der Waals surface area (Å²) >= 11 is 12.2. The highest BCUT2D eigenvalue weighted by Gasteiger charge is 2.38. The lowest BCUT2D eigenvalue weighted by atomic mass is 9.73. The van der Waals surface area contributed by atoms with E-state index in [-0.39, 0.29) is 29.9 Å². The van der Waals surface area contributed by atoms with Crippen LogP contribution in [0.25, 0.3) is 0 Å². The Kier molecular flexibility index (Phi) is 5.76. The van der Waals surface area contributed by atoms with Gasteiger partial charge in [0.15, 0.2) is 17.3 Å². The number of rotatable bonds is 4. The van der Waals surface area contributed by atoms with Gasteiger partial charge < -0.3 is 14.8 Å². The van der Waals surface area contributed by atoms with Crippen LogP contribution < -0.4 is 14.8 Å². The largest absolute Gasteiger partial charge is 0.493 e. The van der Waals surface area contributed by atoms with Crippen molar-refractivity contribution in [1.29, 1.82) is 0 Å². The lowest BCUT2D eigenvalue weighted by molar-refractivity contribution is -0.122. The molecule has 0 aromatic heterocycles. The molecule has 4 rings (SSSR count). The molecule has 0 saturated heterocycles. The fourth-order valence-corrected chi connectivity index (χ4v) is 4.62. The molecule has 0 fully saturated rings. The zero-order valence-electron chi connectivity index (χ0n) is 16.6. The normalized spacial score (nSPS) is 21.2. The number of nitrogens with one attached hydrogen (secondary N) is 1. The predicted molar refractivity (Wildman–Crippen MR) is 116 cm³/mol. The van der Waals surface area contributed by atoms with E-state index in [2.05, 4.69) is 5.32 Å². The Hall–Kier alpha value is -2.50. The van der Waals surface area contributed by atoms with Crippen molar-refractivity contribution in [2.75, 3.05) is 14.2 Å². The standard InChI is InChI=1S/C23H21Cl2NO4/c1-29-20-6-4-12(10-21(20)30-2)14-8-18-23(19(27)9-14)15(11-22(28)26-18)13-3-5-16(24)17(25)7-13/h3-7,10,14-15H,8-9,11H2,1-2H3,(H,26,28)/t14-,15-/m0/s1. The monoisotopic (exact) mass is 445 g/mol. The van der Waals surface area contributed by atoms with E-state index in [1.54, 1.807) is 26.4 Å². The van der Waals surface area contributed by atoms with Gasteiger partial charge in [-0.15, -0.1) is 0 Å². The molecule has 2 aromatic rings. The van der Waals surface area contributed by atoms with Gasteiger partial charge in [-0.1, -0.05) is 35.3 Å². The molecule has 2 aromatic carbocycles. The number of ether oxygens (including phenoxy) is 2. The van der Waals surface area contributed by atoms with E-state index in [0.29, 0.717) is 45.7 Å². The van der Waals surface area contributed by atoms with E-state index in [0.717, 1.165) is 11.1 Å². The summed E-state index contributed by atoms with van der Waals surface area (Å²) in [5.74, 6) is 0.807. The van der Waals surface area contributed by atoms with Crippen LogP contribution in [0.5, 0.6) is 11.5 Å². The number of hydrogen-bond acceptors (Lipinski definition) is 4. The van der Waals surface area contributed by atoms with E-state index in [1.165, 1.54) is 0 Å². The second kappa shape index (κ2) is 8.32. The molecule has 0 spiro atoms. The quantitative estimate of drug-likeness (QED) is 0.717. The molecule has 1 heterocycles. The fourth-order valence-electron chi connectivity index (χ4n) is 4.32. The average Bonchev–Trinajstić information content (AvgIpc) is 2.74. The maximum absolute atomic E-state index is 13.2. The molecular formula is C23H21Cl2NO4. The highest BCUT2D eigenvalue weighted by molar-refractivity contribution is 6.42. The first-order valence-electron chi connectivity index (χ1n) is 9.64. The van der Waals surface area contributed by atoms with E-state index in [1.807, 2.05) is 24.3 Å². The minimum Gasteiger partial charge on any atom is -0.493 e. The fraction of sp³-hybridized carbons (Fsp3) is 0.304. The third-order valence-electron chi connectivity index (χ3n) is 5.76. The smallest absolute Gasteiger partial charge is 0.225 e. The van der Waals surface area contributed by atoms with Gasteiger partial charge in [-0.05, 0) is 47.7 Å². The topological polar surface area (TPSA) is 64.6 Å². The van der Waals surface area contributed by atoms with Crippen LogP contribution in [-0.2, 0) is 9.59 Å². The molecular weight excluding hydrogens is 425 g/mol. The summed E-state index contributed by atoms with van der Waals surface area (Å²) in [6, 6.07) is 10.9. The number of benzene rings is 2. The van der Waals surface area contributed by atoms with Crippen LogP contribution in [0.4, 0.5) is 0 Å². The Labute approximate surface area is 185 Å². The minimum atomic E-state index is -0.317. The van der Waals surface area contributed by atoms with Crippen molar-refractivity contribution in [3.05, 3.63) is 68.8 Å². The molecule has 30 heavy (non-hydrogen) atoms. The van der Waals surface area contributed by atoms with Crippen LogP contribution in [0.2, 0.25) is 10.0 Å². The summed E-state index contributed by atoms with van der Waals surface area (Å²) in [6.07, 6.45) is 1.14. The Morgan fingerprint density at radius 3 is 2.30 bits per heavy atom. The molecule has 5 nitrogen and oxygen atoms in total. The van der Waals surface area contributed by atoms with Crippen molar-refractivity contribution in [2.45, 2.75) is 31.1 Å². The molecule has 1 aliphatic heterocycles. The van der Waals surface area contributed by atoms with Gasteiger partial charge in [0.25, 0.3) is 0 Å². The van der Waals surface area contributed by atoms with Crippen LogP contribution in [0, 0.1) is 0 Å². The molecule has 2 aliphatic rings. The Morgan fingerprint density at radius 1 is 0.867 bits per heavy atom. The number of Topliss-reactive ketones (excluding diaryl/α,β-unsaturated/α-hetero) is 1. The van der Waals surface area contributed by atoms with Gasteiger partial charge >= 0.3 is 0 Å². The van der Waals surface area contributed by atoms with Crippen molar-refractivity contribution < 1.29 is 19.1 Å². The maximum Gasteiger partial charge on any atom is 0.225 e. The second-order valence-corrected chi connectivity index (χ2v) is 8.33. The summed E-state index contributed by atoms with van der Waals surface area (Å²) in [5.41, 5.74) is 3.16. The first-order chi connectivity index (χ1) is 14.4. The Bertz CT molecular complexity index is 1060. The molecule has 2 atom stereocenters. The van der Waals surface area contributed by atoms with Crippen LogP contribution in [0.3, 0.4) is 0 Å². The zero-order chi connectivity index (χ0) is 21.4. The van der Waals surface area contributed by atoms with Crippen molar-refractivity contribution >= 4 is 34.9 Å². The first-order valence-corrected chi connectivity index (χ1v) is 10.4. The summed E-state index contributed by atoms with van der Waals surface area (Å²) in [6.45, 7) is 0. The van der Waals surface area contributed by atoms with Gasteiger partial charge in [0.2, 0.25) is 5.91 Å². The number of methoxy groups -OCH3 is 2. The van der Waals surface area contributed by atoms with Gasteiger partial charge in [0.05, 0.1) is 24.3 Å². The molecule has 1 amide bonds. The number of ketones is 1. The summed E-state index contributed by atoms with van der Waals surface area (Å²) in [5, 5.41) is 3.78. The molecule has 0 unspecified atom stereocenters. The summed E-state index contributed by atoms with van der Waals surface area (Å²) in [4.78, 5) is 25.6. The number of hydrogen-bond donors (Lipinski definition) is 1. The summed E-state index contributed by atoms with van der Waals surface area (Å²) in [7, 11) is 3.16. The Balaban J connectivity index is 1.70. The van der Waals surface area contributed by atoms with Crippen LogP contribution in [-0.4, -0.2) is 25.9 Å². The molecule has 0 radical (unpaired) electrons. The third kappa shape index (κ3) is 3.80. The van der Waals surface area contributed by atoms with Gasteiger partial charge in [-0.2, -0.15) is 0 Å². The number of allylic oxidation sites excluding steroid dienone is 2. The molecule has 7 heteroatoms. The first kappa shape index (κ1) is 20.8. The zero-order valence-corrected chi connectivity index (χ0v) is 18.1. The highest BCUT2D eigenvalue weighted by atomic mass is 35.5. The van der Waals surface area contributed by atoms with E-state index in [9.17, 15) is 9.59 Å². The lowest BCUT2D eigenvalue weighted by Crippen LogP contribution is -2.38. The summed E-state index contributed by atoms with van der Waals surface area (Å²) < 4.78 is 10.7. The van der Waals surface area contributed by atoms with Gasteiger partial charge in [-0.25, -0.2) is 0 Å². The number of halogens is 2. The van der Waals surface area contributed by atoms with Crippen molar-refractivity contribution in [1.82, 2.24) is 5.32 Å². The number of amides is 1. The van der Waals surface area contributed by atoms with E-state index < -0.39 is 0 Å². The second-order valence-electron chi connectivity index (χ2n) is 7.51. The lowest BCUT2D eigenvalue weighted by Gasteiger charge is -2.34. The van der Waals surface area contributed by atoms with Gasteiger partial charge in [-0.3, -0.25) is 9.59 Å². The van der Waals surface area contributed by atoms with Gasteiger partial charge in [0, 0.05) is 30.0 Å². The number of carbonyl (C=O) groups is 2. The van der Waals surface area contributed by atoms with Crippen molar-refractivity contribution in [3.63, 3.8) is 0 Å². The SMILES string of the molecule is COc1ccc([C@@H]2CC(=O)C3=C(C2)NC(=O)C[C@H]3c2ccc(Cl)c(Cl)c2)cc1OC. The molecule has 156 valence electrons. The van der Waals surface area contributed by atoms with Crippen LogP contribution in [0.1, 0.15) is 42.2 Å². The minimum absolute atomic E-state index is 0.0344. The van der Waals surface area contributed by atoms with E-state index >= 15 is 0 Å². The predicted octanol–water partition coefficient (Wildman–Crippen LogP) is 5.01. The van der Waals surface area contributed by atoms with E-state index in [4.69, 9.17) is 32.7 Å². The molecule has 0 bridgehead atoms. The van der Waals surface area contributed by atoms with Crippen LogP contribution in [0.15, 0.2) is 47.7 Å². The van der Waals surface area contributed by atoms with Crippen LogP contribution >= 0.6 is 23.2 Å². The van der Waals surface area contributed by atoms with Crippen molar-refractivity contribution in [2.24, 2.45) is 0 Å². The molecule has 0 saturated carbocycles. The molecule has 1 aliphatic carbocycles. The highest BCUT2D eigenvalue weighted by Crippen LogP contribution is 2.44. The maximum atomic E-state index is 13.2. The molecule has 1 N–H and O–H groups in total.